The molecule has 0 aliphatic carbocycles. The van der Waals surface area contributed by atoms with Crippen LogP contribution < -0.4 is 19.9 Å². The molecule has 0 aliphatic rings. The molecule has 2 N–H and O–H groups in total. The topological polar surface area (TPSA) is 53.7 Å². The summed E-state index contributed by atoms with van der Waals surface area (Å²) in [5.74, 6) is 1.93. The van der Waals surface area contributed by atoms with Gasteiger partial charge in [-0.1, -0.05) is 6.07 Å². The average molecular weight is 293 g/mol. The fourth-order valence-corrected chi connectivity index (χ4v) is 2.59. The molecule has 1 aromatic heterocycles. The summed E-state index contributed by atoms with van der Waals surface area (Å²) in [5.41, 5.74) is 6.61. The Bertz CT molecular complexity index is 515. The van der Waals surface area contributed by atoms with E-state index in [4.69, 9.17) is 19.9 Å². The molecule has 20 heavy (non-hydrogen) atoms. The van der Waals surface area contributed by atoms with E-state index < -0.39 is 0 Å². The second kappa shape index (κ2) is 7.17. The van der Waals surface area contributed by atoms with Crippen LogP contribution in [0.5, 0.6) is 17.2 Å². The molecule has 108 valence electrons. The highest BCUT2D eigenvalue weighted by atomic mass is 32.1. The molecule has 0 atom stereocenters. The Kier molecular flexibility index (Phi) is 5.26. The zero-order valence-corrected chi connectivity index (χ0v) is 12.5. The monoisotopic (exact) mass is 293 g/mol. The van der Waals surface area contributed by atoms with Gasteiger partial charge in [-0.25, -0.2) is 0 Å². The zero-order valence-electron chi connectivity index (χ0n) is 11.7. The molecule has 0 saturated heterocycles. The van der Waals surface area contributed by atoms with Gasteiger partial charge in [0.25, 0.3) is 0 Å². The quantitative estimate of drug-likeness (QED) is 0.853. The van der Waals surface area contributed by atoms with Crippen LogP contribution >= 0.6 is 11.3 Å². The van der Waals surface area contributed by atoms with Gasteiger partial charge in [0.05, 0.1) is 20.8 Å². The van der Waals surface area contributed by atoms with Gasteiger partial charge in [0.1, 0.15) is 0 Å². The molecule has 2 aromatic rings. The summed E-state index contributed by atoms with van der Waals surface area (Å²) in [6, 6.07) is 7.89. The Labute approximate surface area is 123 Å². The molecule has 0 spiro atoms. The molecular weight excluding hydrogens is 274 g/mol. The highest BCUT2D eigenvalue weighted by molar-refractivity contribution is 7.09. The fourth-order valence-electron chi connectivity index (χ4n) is 1.90. The van der Waals surface area contributed by atoms with E-state index >= 15 is 0 Å². The second-order valence-electron chi connectivity index (χ2n) is 4.21. The predicted octanol–water partition coefficient (Wildman–Crippen LogP) is 2.85. The maximum atomic E-state index is 5.84. The smallest absolute Gasteiger partial charge is 0.203 e. The minimum absolute atomic E-state index is 0.433. The van der Waals surface area contributed by atoms with Crippen LogP contribution in [0.15, 0.2) is 29.6 Å². The Morgan fingerprint density at radius 1 is 1.15 bits per heavy atom. The number of ether oxygens (including phenoxy) is 3. The Hall–Kier alpha value is -1.72. The van der Waals surface area contributed by atoms with Crippen LogP contribution in [0.3, 0.4) is 0 Å². The molecule has 1 aromatic carbocycles. The summed E-state index contributed by atoms with van der Waals surface area (Å²) in [4.78, 5) is 1.29. The number of thiophene rings is 1. The molecule has 0 saturated carbocycles. The van der Waals surface area contributed by atoms with Crippen molar-refractivity contribution in [2.75, 3.05) is 20.8 Å². The van der Waals surface area contributed by atoms with Gasteiger partial charge in [0.15, 0.2) is 11.5 Å². The van der Waals surface area contributed by atoms with Crippen molar-refractivity contribution in [3.8, 4) is 17.2 Å². The van der Waals surface area contributed by atoms with Crippen LogP contribution in [0.2, 0.25) is 0 Å². The molecule has 2 rings (SSSR count). The summed E-state index contributed by atoms with van der Waals surface area (Å²) < 4.78 is 16.6. The number of nitrogens with two attached hydrogens (primary N) is 1. The van der Waals surface area contributed by atoms with Crippen LogP contribution in [0, 0.1) is 0 Å². The van der Waals surface area contributed by atoms with Gasteiger partial charge >= 0.3 is 0 Å². The number of methoxy groups -OCH3 is 2. The highest BCUT2D eigenvalue weighted by Gasteiger charge is 2.13. The van der Waals surface area contributed by atoms with Crippen LogP contribution in [-0.2, 0) is 13.0 Å². The second-order valence-corrected chi connectivity index (χ2v) is 5.24. The van der Waals surface area contributed by atoms with Crippen molar-refractivity contribution in [1.29, 1.82) is 0 Å². The van der Waals surface area contributed by atoms with E-state index in [1.54, 1.807) is 25.6 Å². The van der Waals surface area contributed by atoms with Gasteiger partial charge in [-0.3, -0.25) is 0 Å². The zero-order chi connectivity index (χ0) is 14.4. The van der Waals surface area contributed by atoms with Crippen molar-refractivity contribution in [2.45, 2.75) is 13.0 Å². The first kappa shape index (κ1) is 14.7. The SMILES string of the molecule is COc1cc(CN)cc(OC)c1OCCc1cccs1. The van der Waals surface area contributed by atoms with Crippen LogP contribution in [-0.4, -0.2) is 20.8 Å². The molecule has 0 fully saturated rings. The average Bonchev–Trinajstić information content (AvgIpc) is 3.00. The minimum atomic E-state index is 0.433. The van der Waals surface area contributed by atoms with Crippen molar-refractivity contribution in [3.63, 3.8) is 0 Å². The summed E-state index contributed by atoms with van der Waals surface area (Å²) in [7, 11) is 3.22. The third-order valence-corrected chi connectivity index (χ3v) is 3.87. The number of hydrogen-bond acceptors (Lipinski definition) is 5. The number of rotatable bonds is 7. The molecule has 0 bridgehead atoms. The molecule has 5 heteroatoms. The Morgan fingerprint density at radius 2 is 1.85 bits per heavy atom. The Morgan fingerprint density at radius 3 is 2.35 bits per heavy atom. The first-order valence-corrected chi connectivity index (χ1v) is 7.26. The lowest BCUT2D eigenvalue weighted by Gasteiger charge is -2.15. The van der Waals surface area contributed by atoms with E-state index in [1.807, 2.05) is 18.2 Å². The number of hydrogen-bond donors (Lipinski definition) is 1. The van der Waals surface area contributed by atoms with E-state index in [-0.39, 0.29) is 0 Å². The van der Waals surface area contributed by atoms with Crippen LogP contribution in [0.4, 0.5) is 0 Å². The lowest BCUT2D eigenvalue weighted by molar-refractivity contribution is 0.278. The normalized spacial score (nSPS) is 10.3. The molecular formula is C15H19NO3S. The first-order chi connectivity index (χ1) is 9.78. The summed E-state index contributed by atoms with van der Waals surface area (Å²) in [6.45, 7) is 1.01. The minimum Gasteiger partial charge on any atom is -0.493 e. The standard InChI is InChI=1S/C15H19NO3S/c1-17-13-8-11(10-16)9-14(18-2)15(13)19-6-5-12-4-3-7-20-12/h3-4,7-9H,5-6,10,16H2,1-2H3. The van der Waals surface area contributed by atoms with E-state index in [1.165, 1.54) is 4.88 Å². The molecule has 0 aliphatic heterocycles. The molecule has 0 unspecified atom stereocenters. The van der Waals surface area contributed by atoms with Gasteiger partial charge in [-0.2, -0.15) is 0 Å². The Balaban J connectivity index is 2.12. The lowest BCUT2D eigenvalue weighted by Crippen LogP contribution is -2.05. The fraction of sp³-hybridized carbons (Fsp3) is 0.333. The summed E-state index contributed by atoms with van der Waals surface area (Å²) in [5, 5.41) is 2.06. The van der Waals surface area contributed by atoms with E-state index in [0.717, 1.165) is 12.0 Å². The highest BCUT2D eigenvalue weighted by Crippen LogP contribution is 2.38. The maximum Gasteiger partial charge on any atom is 0.203 e. The van der Waals surface area contributed by atoms with Crippen molar-refractivity contribution in [2.24, 2.45) is 5.73 Å². The van der Waals surface area contributed by atoms with Gasteiger partial charge in [-0.05, 0) is 29.1 Å². The predicted molar refractivity (Wildman–Crippen MR) is 81.0 cm³/mol. The van der Waals surface area contributed by atoms with Gasteiger partial charge < -0.3 is 19.9 Å². The van der Waals surface area contributed by atoms with Crippen molar-refractivity contribution < 1.29 is 14.2 Å². The largest absolute Gasteiger partial charge is 0.493 e. The van der Waals surface area contributed by atoms with Crippen molar-refractivity contribution in [1.82, 2.24) is 0 Å². The maximum absolute atomic E-state index is 5.84. The van der Waals surface area contributed by atoms with Crippen molar-refractivity contribution in [3.05, 3.63) is 40.1 Å². The number of benzene rings is 1. The first-order valence-electron chi connectivity index (χ1n) is 6.38. The van der Waals surface area contributed by atoms with E-state index in [2.05, 4.69) is 11.4 Å². The molecule has 4 nitrogen and oxygen atoms in total. The summed E-state index contributed by atoms with van der Waals surface area (Å²) in [6.07, 6.45) is 0.864. The van der Waals surface area contributed by atoms with Gasteiger partial charge in [0, 0.05) is 17.8 Å². The lowest BCUT2D eigenvalue weighted by atomic mass is 10.2. The van der Waals surface area contributed by atoms with E-state index in [9.17, 15) is 0 Å². The molecule has 1 heterocycles. The van der Waals surface area contributed by atoms with Crippen LogP contribution in [0.25, 0.3) is 0 Å². The molecule has 0 radical (unpaired) electrons. The summed E-state index contributed by atoms with van der Waals surface area (Å²) >= 11 is 1.73. The third-order valence-electron chi connectivity index (χ3n) is 2.93. The third kappa shape index (κ3) is 3.43. The van der Waals surface area contributed by atoms with Crippen LogP contribution in [0.1, 0.15) is 10.4 Å². The van der Waals surface area contributed by atoms with E-state index in [0.29, 0.717) is 30.4 Å². The van der Waals surface area contributed by atoms with Gasteiger partial charge in [-0.15, -0.1) is 11.3 Å². The van der Waals surface area contributed by atoms with Crippen molar-refractivity contribution >= 4 is 11.3 Å². The molecule has 0 amide bonds. The van der Waals surface area contributed by atoms with Gasteiger partial charge in [0.2, 0.25) is 5.75 Å².